The van der Waals surface area contributed by atoms with Gasteiger partial charge in [-0.2, -0.15) is 0 Å². The Morgan fingerprint density at radius 3 is 2.53 bits per heavy atom. The number of hydrogen-bond donors (Lipinski definition) is 2. The summed E-state index contributed by atoms with van der Waals surface area (Å²) in [4.78, 5) is 2.12. The van der Waals surface area contributed by atoms with Crippen LogP contribution in [0.2, 0.25) is 0 Å². The molecule has 0 aliphatic rings. The van der Waals surface area contributed by atoms with Crippen LogP contribution in [0, 0.1) is 11.2 Å². The molecule has 1 rings (SSSR count). The highest BCUT2D eigenvalue weighted by Gasteiger charge is 2.14. The molecule has 3 N–H and O–H groups in total. The van der Waals surface area contributed by atoms with Gasteiger partial charge in [-0.25, -0.2) is 4.39 Å². The van der Waals surface area contributed by atoms with E-state index in [-0.39, 0.29) is 17.1 Å². The van der Waals surface area contributed by atoms with E-state index in [2.05, 4.69) is 30.8 Å². The molecule has 0 bridgehead atoms. The van der Waals surface area contributed by atoms with Crippen LogP contribution in [0.3, 0.4) is 0 Å². The molecule has 0 aromatic heterocycles. The number of amidine groups is 1. The summed E-state index contributed by atoms with van der Waals surface area (Å²) in [6.45, 7) is 7.95. The van der Waals surface area contributed by atoms with Crippen molar-refractivity contribution in [2.24, 2.45) is 16.3 Å². The number of nitrogens with two attached hydrogens (primary N) is 1. The number of nitrogens with zero attached hydrogens (tertiary/aromatic N) is 2. The Balaban J connectivity index is 2.87. The van der Waals surface area contributed by atoms with Gasteiger partial charge in [-0.15, -0.1) is 0 Å². The minimum atomic E-state index is -0.386. The fourth-order valence-electron chi connectivity index (χ4n) is 2.12. The van der Waals surface area contributed by atoms with E-state index in [9.17, 15) is 4.39 Å². The number of oxime groups is 1. The van der Waals surface area contributed by atoms with Gasteiger partial charge in [0.15, 0.2) is 5.84 Å². The van der Waals surface area contributed by atoms with Gasteiger partial charge < -0.3 is 15.8 Å². The third-order valence-electron chi connectivity index (χ3n) is 2.56. The van der Waals surface area contributed by atoms with Crippen molar-refractivity contribution in [3.05, 3.63) is 35.1 Å². The SMILES string of the molecule is CN(Cc1cc(F)cc(/C(N)=N/O)c1)CC(C)(C)C. The van der Waals surface area contributed by atoms with Crippen molar-refractivity contribution < 1.29 is 9.60 Å². The third-order valence-corrected chi connectivity index (χ3v) is 2.56. The molecule has 0 saturated carbocycles. The lowest BCUT2D eigenvalue weighted by Gasteiger charge is -2.26. The maximum atomic E-state index is 13.5. The molecule has 0 fully saturated rings. The normalized spacial score (nSPS) is 13.1. The second-order valence-electron chi connectivity index (χ2n) is 6.07. The van der Waals surface area contributed by atoms with E-state index in [1.54, 1.807) is 6.07 Å². The molecule has 19 heavy (non-hydrogen) atoms. The van der Waals surface area contributed by atoms with Gasteiger partial charge in [0, 0.05) is 18.7 Å². The lowest BCUT2D eigenvalue weighted by atomic mass is 9.96. The molecule has 106 valence electrons. The maximum Gasteiger partial charge on any atom is 0.170 e. The zero-order valence-electron chi connectivity index (χ0n) is 11.9. The third kappa shape index (κ3) is 5.26. The number of rotatable bonds is 4. The Bertz CT molecular complexity index is 466. The van der Waals surface area contributed by atoms with Gasteiger partial charge in [-0.3, -0.25) is 0 Å². The highest BCUT2D eigenvalue weighted by atomic mass is 19.1. The molecular weight excluding hydrogens is 245 g/mol. The summed E-state index contributed by atoms with van der Waals surface area (Å²) >= 11 is 0. The molecule has 0 aliphatic carbocycles. The Morgan fingerprint density at radius 2 is 2.00 bits per heavy atom. The average Bonchev–Trinajstić information content (AvgIpc) is 2.24. The summed E-state index contributed by atoms with van der Waals surface area (Å²) < 4.78 is 13.5. The standard InChI is InChI=1S/C14H22FN3O/c1-14(2,3)9-18(4)8-10-5-11(13(16)17-19)7-12(15)6-10/h5-7,19H,8-9H2,1-4H3,(H2,16,17). The van der Waals surface area contributed by atoms with E-state index in [0.29, 0.717) is 12.1 Å². The van der Waals surface area contributed by atoms with E-state index >= 15 is 0 Å². The molecule has 5 heteroatoms. The molecule has 0 unspecified atom stereocenters. The smallest absolute Gasteiger partial charge is 0.170 e. The molecular formula is C14H22FN3O. The number of benzene rings is 1. The van der Waals surface area contributed by atoms with Crippen molar-refractivity contribution in [2.75, 3.05) is 13.6 Å². The molecule has 0 aliphatic heterocycles. The zero-order chi connectivity index (χ0) is 14.6. The summed E-state index contributed by atoms with van der Waals surface area (Å²) in [5.41, 5.74) is 6.85. The predicted molar refractivity (Wildman–Crippen MR) is 74.7 cm³/mol. The van der Waals surface area contributed by atoms with Gasteiger partial charge in [0.1, 0.15) is 5.82 Å². The van der Waals surface area contributed by atoms with Gasteiger partial charge in [0.2, 0.25) is 0 Å². The Labute approximate surface area is 113 Å². The second kappa shape index (κ2) is 6.02. The van der Waals surface area contributed by atoms with Crippen molar-refractivity contribution >= 4 is 5.84 Å². The molecule has 0 atom stereocenters. The Morgan fingerprint density at radius 1 is 1.37 bits per heavy atom. The molecule has 1 aromatic rings. The van der Waals surface area contributed by atoms with Crippen molar-refractivity contribution in [1.29, 1.82) is 0 Å². The maximum absolute atomic E-state index is 13.5. The lowest BCUT2D eigenvalue weighted by Crippen LogP contribution is -2.29. The second-order valence-corrected chi connectivity index (χ2v) is 6.07. The lowest BCUT2D eigenvalue weighted by molar-refractivity contribution is 0.220. The fourth-order valence-corrected chi connectivity index (χ4v) is 2.12. The van der Waals surface area contributed by atoms with Crippen LogP contribution in [0.25, 0.3) is 0 Å². The van der Waals surface area contributed by atoms with E-state index in [0.717, 1.165) is 12.1 Å². The van der Waals surface area contributed by atoms with Gasteiger partial charge in [0.25, 0.3) is 0 Å². The summed E-state index contributed by atoms with van der Waals surface area (Å²) in [5.74, 6) is -0.470. The van der Waals surface area contributed by atoms with Gasteiger partial charge in [-0.1, -0.05) is 25.9 Å². The van der Waals surface area contributed by atoms with Crippen LogP contribution in [-0.4, -0.2) is 29.5 Å². The molecule has 0 radical (unpaired) electrons. The fraction of sp³-hybridized carbons (Fsp3) is 0.500. The predicted octanol–water partition coefficient (Wildman–Crippen LogP) is 2.40. The van der Waals surface area contributed by atoms with E-state index in [1.165, 1.54) is 12.1 Å². The summed E-state index contributed by atoms with van der Waals surface area (Å²) in [6.07, 6.45) is 0. The molecule has 0 amide bonds. The van der Waals surface area contributed by atoms with Crippen LogP contribution in [0.4, 0.5) is 4.39 Å². The average molecular weight is 267 g/mol. The van der Waals surface area contributed by atoms with Gasteiger partial charge in [-0.05, 0) is 36.2 Å². The van der Waals surface area contributed by atoms with Crippen LogP contribution in [0.1, 0.15) is 31.9 Å². The van der Waals surface area contributed by atoms with E-state index < -0.39 is 0 Å². The minimum Gasteiger partial charge on any atom is -0.409 e. The first-order valence-corrected chi connectivity index (χ1v) is 6.17. The van der Waals surface area contributed by atoms with Crippen LogP contribution in [-0.2, 0) is 6.54 Å². The van der Waals surface area contributed by atoms with Crippen LogP contribution >= 0.6 is 0 Å². The van der Waals surface area contributed by atoms with Crippen molar-refractivity contribution in [2.45, 2.75) is 27.3 Å². The zero-order valence-corrected chi connectivity index (χ0v) is 11.9. The van der Waals surface area contributed by atoms with Crippen LogP contribution < -0.4 is 5.73 Å². The van der Waals surface area contributed by atoms with Gasteiger partial charge in [0.05, 0.1) is 0 Å². The molecule has 0 saturated heterocycles. The first kappa shape index (κ1) is 15.4. The number of halogens is 1. The molecule has 0 spiro atoms. The summed E-state index contributed by atoms with van der Waals surface area (Å²) in [5, 5.41) is 11.5. The minimum absolute atomic E-state index is 0.0841. The molecule has 0 heterocycles. The number of hydrogen-bond acceptors (Lipinski definition) is 3. The van der Waals surface area contributed by atoms with Gasteiger partial charge >= 0.3 is 0 Å². The van der Waals surface area contributed by atoms with Crippen molar-refractivity contribution in [3.63, 3.8) is 0 Å². The van der Waals surface area contributed by atoms with Crippen LogP contribution in [0.15, 0.2) is 23.4 Å². The molecule has 4 nitrogen and oxygen atoms in total. The molecule has 1 aromatic carbocycles. The largest absolute Gasteiger partial charge is 0.409 e. The van der Waals surface area contributed by atoms with Crippen molar-refractivity contribution in [3.8, 4) is 0 Å². The first-order chi connectivity index (χ1) is 8.71. The van der Waals surface area contributed by atoms with E-state index in [4.69, 9.17) is 10.9 Å². The highest BCUT2D eigenvalue weighted by molar-refractivity contribution is 5.97. The topological polar surface area (TPSA) is 61.8 Å². The first-order valence-electron chi connectivity index (χ1n) is 6.17. The monoisotopic (exact) mass is 267 g/mol. The highest BCUT2D eigenvalue weighted by Crippen LogP contribution is 2.17. The summed E-state index contributed by atoms with van der Waals surface area (Å²) in [6, 6.07) is 4.45. The van der Waals surface area contributed by atoms with Crippen molar-refractivity contribution in [1.82, 2.24) is 4.90 Å². The summed E-state index contributed by atoms with van der Waals surface area (Å²) in [7, 11) is 1.99. The van der Waals surface area contributed by atoms with Crippen LogP contribution in [0.5, 0.6) is 0 Å². The Hall–Kier alpha value is -1.62. The Kier molecular flexibility index (Phi) is 4.89. The quantitative estimate of drug-likeness (QED) is 0.381. The van der Waals surface area contributed by atoms with E-state index in [1.807, 2.05) is 7.05 Å².